The summed E-state index contributed by atoms with van der Waals surface area (Å²) in [6.07, 6.45) is 6.57. The van der Waals surface area contributed by atoms with E-state index in [1.54, 1.807) is 0 Å². The van der Waals surface area contributed by atoms with Crippen molar-refractivity contribution in [3.05, 3.63) is 0 Å². The van der Waals surface area contributed by atoms with Crippen LogP contribution in [0.25, 0.3) is 0 Å². The van der Waals surface area contributed by atoms with Crippen molar-refractivity contribution in [2.24, 2.45) is 23.0 Å². The molecule has 0 aromatic heterocycles. The van der Waals surface area contributed by atoms with E-state index in [2.05, 4.69) is 26.1 Å². The van der Waals surface area contributed by atoms with E-state index >= 15 is 0 Å². The molecule has 1 heterocycles. The van der Waals surface area contributed by atoms with Crippen LogP contribution in [0.3, 0.4) is 0 Å². The Morgan fingerprint density at radius 1 is 1.14 bits per heavy atom. The maximum absolute atomic E-state index is 12.1. The van der Waals surface area contributed by atoms with Gasteiger partial charge in [-0.2, -0.15) is 0 Å². The van der Waals surface area contributed by atoms with Gasteiger partial charge in [-0.25, -0.2) is 0 Å². The first-order chi connectivity index (χ1) is 9.90. The topological polar surface area (TPSA) is 64.4 Å². The monoisotopic (exact) mass is 296 g/mol. The van der Waals surface area contributed by atoms with Gasteiger partial charge < -0.3 is 15.8 Å². The van der Waals surface area contributed by atoms with Gasteiger partial charge in [0.05, 0.1) is 6.10 Å². The van der Waals surface area contributed by atoms with Crippen molar-refractivity contribution in [1.82, 2.24) is 5.32 Å². The fraction of sp³-hybridized carbons (Fsp3) is 0.941. The molecule has 4 heteroatoms. The Kier molecular flexibility index (Phi) is 5.67. The first-order valence-electron chi connectivity index (χ1n) is 8.53. The largest absolute Gasteiger partial charge is 0.364 e. The molecule has 2 rings (SSSR count). The molecule has 21 heavy (non-hydrogen) atoms. The molecule has 0 bridgehead atoms. The number of carbonyl (C=O) groups excluding carboxylic acids is 1. The van der Waals surface area contributed by atoms with Crippen LogP contribution in [0.1, 0.15) is 59.3 Å². The van der Waals surface area contributed by atoms with Gasteiger partial charge in [-0.1, -0.05) is 20.8 Å². The summed E-state index contributed by atoms with van der Waals surface area (Å²) >= 11 is 0. The molecule has 0 spiro atoms. The Labute approximate surface area is 129 Å². The summed E-state index contributed by atoms with van der Waals surface area (Å²) in [4.78, 5) is 12.1. The predicted octanol–water partition coefficient (Wildman–Crippen LogP) is 2.46. The van der Waals surface area contributed by atoms with Crippen LogP contribution in [0.4, 0.5) is 0 Å². The molecule has 1 aliphatic carbocycles. The zero-order valence-electron chi connectivity index (χ0n) is 13.9. The summed E-state index contributed by atoms with van der Waals surface area (Å²) in [5.74, 6) is 1.52. The molecule has 0 unspecified atom stereocenters. The summed E-state index contributed by atoms with van der Waals surface area (Å²) in [6.45, 7) is 8.34. The van der Waals surface area contributed by atoms with Crippen LogP contribution in [0.5, 0.6) is 0 Å². The van der Waals surface area contributed by atoms with E-state index in [0.29, 0.717) is 17.9 Å². The Morgan fingerprint density at radius 2 is 1.81 bits per heavy atom. The molecule has 4 nitrogen and oxygen atoms in total. The second kappa shape index (κ2) is 7.10. The zero-order chi connectivity index (χ0) is 15.5. The molecule has 2 aliphatic rings. The van der Waals surface area contributed by atoms with Crippen LogP contribution in [0.2, 0.25) is 0 Å². The van der Waals surface area contributed by atoms with Gasteiger partial charge in [-0.05, 0) is 55.8 Å². The van der Waals surface area contributed by atoms with Crippen molar-refractivity contribution >= 4 is 5.91 Å². The summed E-state index contributed by atoms with van der Waals surface area (Å²) in [6, 6.07) is 0. The van der Waals surface area contributed by atoms with Crippen molar-refractivity contribution in [2.75, 3.05) is 13.1 Å². The Morgan fingerprint density at radius 3 is 2.33 bits per heavy atom. The fourth-order valence-electron chi connectivity index (χ4n) is 3.66. The molecule has 1 aliphatic heterocycles. The Hall–Kier alpha value is -0.610. The van der Waals surface area contributed by atoms with Gasteiger partial charge in [0.2, 0.25) is 5.91 Å². The van der Waals surface area contributed by atoms with Crippen molar-refractivity contribution in [3.8, 4) is 0 Å². The molecule has 122 valence electrons. The lowest BCUT2D eigenvalue weighted by Crippen LogP contribution is -2.39. The molecule has 0 aromatic carbocycles. The minimum absolute atomic E-state index is 0.0592. The molecule has 2 atom stereocenters. The smallest absolute Gasteiger partial charge is 0.249 e. The summed E-state index contributed by atoms with van der Waals surface area (Å²) in [5.41, 5.74) is 6.00. The number of hydrogen-bond acceptors (Lipinski definition) is 3. The van der Waals surface area contributed by atoms with Gasteiger partial charge in [0.15, 0.2) is 0 Å². The third-order valence-corrected chi connectivity index (χ3v) is 5.30. The summed E-state index contributed by atoms with van der Waals surface area (Å²) in [7, 11) is 0. The standard InChI is InChI=1S/C17H32N2O2/c1-17(2,3)13-6-4-12(5-7-13)11-19-16(20)15-9-8-14(10-18)21-15/h12-15H,4-11,18H2,1-3H3,(H,19,20)/t12?,13?,14-,15+/m1/s1. The van der Waals surface area contributed by atoms with E-state index in [1.807, 2.05) is 0 Å². The van der Waals surface area contributed by atoms with Crippen LogP contribution < -0.4 is 11.1 Å². The summed E-state index contributed by atoms with van der Waals surface area (Å²) in [5, 5.41) is 3.09. The number of ether oxygens (including phenoxy) is 1. The average Bonchev–Trinajstić information content (AvgIpc) is 2.93. The van der Waals surface area contributed by atoms with Gasteiger partial charge in [0.1, 0.15) is 6.10 Å². The quantitative estimate of drug-likeness (QED) is 0.837. The van der Waals surface area contributed by atoms with E-state index in [1.165, 1.54) is 25.7 Å². The average molecular weight is 296 g/mol. The van der Waals surface area contributed by atoms with E-state index in [-0.39, 0.29) is 18.1 Å². The number of rotatable bonds is 4. The predicted molar refractivity (Wildman–Crippen MR) is 84.9 cm³/mol. The third-order valence-electron chi connectivity index (χ3n) is 5.30. The lowest BCUT2D eigenvalue weighted by Gasteiger charge is -2.37. The molecular weight excluding hydrogens is 264 g/mol. The lowest BCUT2D eigenvalue weighted by molar-refractivity contribution is -0.132. The van der Waals surface area contributed by atoms with Crippen LogP contribution in [-0.2, 0) is 9.53 Å². The SMILES string of the molecule is CC(C)(C)C1CCC(CNC(=O)[C@@H]2CC[C@H](CN)O2)CC1. The second-order valence-electron chi connectivity index (χ2n) is 7.89. The van der Waals surface area contributed by atoms with Crippen molar-refractivity contribution in [1.29, 1.82) is 0 Å². The number of nitrogens with two attached hydrogens (primary N) is 1. The van der Waals surface area contributed by atoms with Gasteiger partial charge in [-0.15, -0.1) is 0 Å². The molecule has 2 fully saturated rings. The van der Waals surface area contributed by atoms with Gasteiger partial charge >= 0.3 is 0 Å². The number of carbonyl (C=O) groups is 1. The molecule has 0 aromatic rings. The fourth-order valence-corrected chi connectivity index (χ4v) is 3.66. The van der Waals surface area contributed by atoms with Crippen LogP contribution in [0.15, 0.2) is 0 Å². The molecule has 1 saturated heterocycles. The van der Waals surface area contributed by atoms with E-state index < -0.39 is 0 Å². The Balaban J connectivity index is 1.67. The second-order valence-corrected chi connectivity index (χ2v) is 7.89. The highest BCUT2D eigenvalue weighted by Gasteiger charge is 2.32. The van der Waals surface area contributed by atoms with Crippen molar-refractivity contribution in [3.63, 3.8) is 0 Å². The normalized spacial score (nSPS) is 33.9. The highest BCUT2D eigenvalue weighted by atomic mass is 16.5. The van der Waals surface area contributed by atoms with Crippen molar-refractivity contribution < 1.29 is 9.53 Å². The highest BCUT2D eigenvalue weighted by molar-refractivity contribution is 5.81. The highest BCUT2D eigenvalue weighted by Crippen LogP contribution is 2.39. The minimum Gasteiger partial charge on any atom is -0.364 e. The molecule has 3 N–H and O–H groups in total. The number of hydrogen-bond donors (Lipinski definition) is 2. The molecular formula is C17H32N2O2. The van der Waals surface area contributed by atoms with Crippen LogP contribution in [-0.4, -0.2) is 31.2 Å². The number of amides is 1. The van der Waals surface area contributed by atoms with E-state index in [0.717, 1.165) is 25.3 Å². The van der Waals surface area contributed by atoms with Gasteiger partial charge in [-0.3, -0.25) is 4.79 Å². The molecule has 1 amide bonds. The Bertz CT molecular complexity index is 343. The zero-order valence-corrected chi connectivity index (χ0v) is 13.9. The lowest BCUT2D eigenvalue weighted by atomic mass is 9.70. The van der Waals surface area contributed by atoms with Crippen LogP contribution in [0, 0.1) is 17.3 Å². The van der Waals surface area contributed by atoms with E-state index in [4.69, 9.17) is 10.5 Å². The number of nitrogens with one attached hydrogen (secondary N) is 1. The molecule has 1 saturated carbocycles. The molecule has 0 radical (unpaired) electrons. The maximum Gasteiger partial charge on any atom is 0.249 e. The van der Waals surface area contributed by atoms with E-state index in [9.17, 15) is 4.79 Å². The van der Waals surface area contributed by atoms with Gasteiger partial charge in [0.25, 0.3) is 0 Å². The van der Waals surface area contributed by atoms with Crippen LogP contribution >= 0.6 is 0 Å². The van der Waals surface area contributed by atoms with Gasteiger partial charge in [0, 0.05) is 13.1 Å². The van der Waals surface area contributed by atoms with Crippen molar-refractivity contribution in [2.45, 2.75) is 71.5 Å². The third kappa shape index (κ3) is 4.68. The minimum atomic E-state index is -0.274. The maximum atomic E-state index is 12.1. The first kappa shape index (κ1) is 16.8. The summed E-state index contributed by atoms with van der Waals surface area (Å²) < 4.78 is 5.64. The first-order valence-corrected chi connectivity index (χ1v) is 8.53.